The van der Waals surface area contributed by atoms with Gasteiger partial charge in [-0.3, -0.25) is 0 Å². The van der Waals surface area contributed by atoms with Crippen molar-refractivity contribution in [3.05, 3.63) is 11.6 Å². The molecule has 0 aromatic heterocycles. The molecule has 0 bridgehead atoms. The Kier molecular flexibility index (Phi) is 2.70. The lowest BCUT2D eigenvalue weighted by atomic mass is 9.72. The van der Waals surface area contributed by atoms with E-state index >= 15 is 0 Å². The number of rotatable bonds is 2. The van der Waals surface area contributed by atoms with Crippen molar-refractivity contribution in [2.75, 3.05) is 6.61 Å². The van der Waals surface area contributed by atoms with Crippen LogP contribution in [0.15, 0.2) is 11.6 Å². The summed E-state index contributed by atoms with van der Waals surface area (Å²) >= 11 is 0. The molecule has 1 aliphatic carbocycles. The average Bonchev–Trinajstić information content (AvgIpc) is 2.60. The zero-order chi connectivity index (χ0) is 10.2. The standard InChI is InChI=1S/C13H22O/c1-4-13-7-5-11(10(2)3)9-12(13)6-8-14-13/h5,10,12H,4,6-9H2,1-3H3. The van der Waals surface area contributed by atoms with Gasteiger partial charge < -0.3 is 4.74 Å². The van der Waals surface area contributed by atoms with E-state index in [0.717, 1.165) is 24.9 Å². The normalized spacial score (nSPS) is 37.1. The SMILES string of the molecule is CCC12CC=C(C(C)C)CC1CCO2. The third-order valence-electron chi connectivity index (χ3n) is 4.13. The smallest absolute Gasteiger partial charge is 0.0746 e. The highest BCUT2D eigenvalue weighted by Crippen LogP contribution is 2.46. The van der Waals surface area contributed by atoms with Gasteiger partial charge >= 0.3 is 0 Å². The van der Waals surface area contributed by atoms with Gasteiger partial charge in [0.2, 0.25) is 0 Å². The Labute approximate surface area is 87.5 Å². The first-order valence-electron chi connectivity index (χ1n) is 6.01. The van der Waals surface area contributed by atoms with Crippen molar-refractivity contribution < 1.29 is 4.74 Å². The van der Waals surface area contributed by atoms with Crippen molar-refractivity contribution >= 4 is 0 Å². The van der Waals surface area contributed by atoms with E-state index < -0.39 is 0 Å². The molecule has 2 unspecified atom stereocenters. The van der Waals surface area contributed by atoms with Gasteiger partial charge in [-0.2, -0.15) is 0 Å². The van der Waals surface area contributed by atoms with Crippen LogP contribution in [0.5, 0.6) is 0 Å². The lowest BCUT2D eigenvalue weighted by Crippen LogP contribution is -2.37. The third-order valence-corrected chi connectivity index (χ3v) is 4.13. The molecule has 1 saturated heterocycles. The van der Waals surface area contributed by atoms with Gasteiger partial charge in [-0.15, -0.1) is 0 Å². The molecule has 0 radical (unpaired) electrons. The second-order valence-corrected chi connectivity index (χ2v) is 5.09. The minimum atomic E-state index is 0.221. The van der Waals surface area contributed by atoms with Crippen molar-refractivity contribution in [2.45, 2.75) is 52.1 Å². The van der Waals surface area contributed by atoms with Crippen LogP contribution in [0.4, 0.5) is 0 Å². The van der Waals surface area contributed by atoms with E-state index in [0.29, 0.717) is 0 Å². The third kappa shape index (κ3) is 1.52. The van der Waals surface area contributed by atoms with Crippen molar-refractivity contribution in [3.63, 3.8) is 0 Å². The Morgan fingerprint density at radius 2 is 2.36 bits per heavy atom. The van der Waals surface area contributed by atoms with Crippen molar-refractivity contribution in [1.82, 2.24) is 0 Å². The summed E-state index contributed by atoms with van der Waals surface area (Å²) in [4.78, 5) is 0. The second kappa shape index (κ2) is 3.69. The lowest BCUT2D eigenvalue weighted by Gasteiger charge is -2.37. The lowest BCUT2D eigenvalue weighted by molar-refractivity contribution is -0.0268. The molecular weight excluding hydrogens is 172 g/mol. The number of allylic oxidation sites excluding steroid dienone is 1. The molecule has 0 spiro atoms. The fourth-order valence-corrected chi connectivity index (χ4v) is 2.98. The largest absolute Gasteiger partial charge is 0.374 e. The van der Waals surface area contributed by atoms with Gasteiger partial charge in [-0.1, -0.05) is 32.4 Å². The molecule has 1 heterocycles. The van der Waals surface area contributed by atoms with Crippen molar-refractivity contribution in [2.24, 2.45) is 11.8 Å². The molecule has 0 saturated carbocycles. The van der Waals surface area contributed by atoms with E-state index in [1.165, 1.54) is 19.3 Å². The van der Waals surface area contributed by atoms with E-state index in [-0.39, 0.29) is 5.60 Å². The predicted octanol–water partition coefficient (Wildman–Crippen LogP) is 3.55. The summed E-state index contributed by atoms with van der Waals surface area (Å²) in [6, 6.07) is 0. The van der Waals surface area contributed by atoms with Crippen LogP contribution in [0.2, 0.25) is 0 Å². The summed E-state index contributed by atoms with van der Waals surface area (Å²) in [5, 5.41) is 0. The Morgan fingerprint density at radius 1 is 1.57 bits per heavy atom. The Balaban J connectivity index is 2.16. The highest BCUT2D eigenvalue weighted by molar-refractivity contribution is 5.16. The molecule has 0 N–H and O–H groups in total. The highest BCUT2D eigenvalue weighted by atomic mass is 16.5. The quantitative estimate of drug-likeness (QED) is 0.611. The fourth-order valence-electron chi connectivity index (χ4n) is 2.98. The monoisotopic (exact) mass is 194 g/mol. The average molecular weight is 194 g/mol. The second-order valence-electron chi connectivity index (χ2n) is 5.09. The summed E-state index contributed by atoms with van der Waals surface area (Å²) in [7, 11) is 0. The van der Waals surface area contributed by atoms with Crippen molar-refractivity contribution in [1.29, 1.82) is 0 Å². The molecule has 80 valence electrons. The first kappa shape index (κ1) is 10.2. The number of ether oxygens (including phenoxy) is 1. The maximum Gasteiger partial charge on any atom is 0.0746 e. The molecule has 1 nitrogen and oxygen atoms in total. The number of hydrogen-bond donors (Lipinski definition) is 0. The molecule has 14 heavy (non-hydrogen) atoms. The Bertz CT molecular complexity index is 242. The number of fused-ring (bicyclic) bond motifs is 1. The van der Waals surface area contributed by atoms with Gasteiger partial charge in [0.05, 0.1) is 5.60 Å². The topological polar surface area (TPSA) is 9.23 Å². The first-order valence-corrected chi connectivity index (χ1v) is 6.01. The predicted molar refractivity (Wildman–Crippen MR) is 59.2 cm³/mol. The van der Waals surface area contributed by atoms with Gasteiger partial charge in [-0.05, 0) is 37.5 Å². The number of hydrogen-bond acceptors (Lipinski definition) is 1. The molecule has 0 aromatic carbocycles. The summed E-state index contributed by atoms with van der Waals surface area (Å²) in [5.41, 5.74) is 1.88. The molecule has 1 heteroatoms. The van der Waals surface area contributed by atoms with Gasteiger partial charge in [0.25, 0.3) is 0 Å². The Morgan fingerprint density at radius 3 is 3.00 bits per heavy atom. The van der Waals surface area contributed by atoms with E-state index in [1.54, 1.807) is 5.57 Å². The van der Waals surface area contributed by atoms with Crippen LogP contribution in [0.1, 0.15) is 46.5 Å². The molecule has 2 aliphatic rings. The minimum absolute atomic E-state index is 0.221. The molecule has 0 aromatic rings. The molecule has 2 rings (SSSR count). The summed E-state index contributed by atoms with van der Waals surface area (Å²) in [6.07, 6.45) is 7.33. The van der Waals surface area contributed by atoms with Crippen LogP contribution in [0.3, 0.4) is 0 Å². The summed E-state index contributed by atoms with van der Waals surface area (Å²) in [6.45, 7) is 7.87. The molecular formula is C13H22O. The maximum atomic E-state index is 5.98. The van der Waals surface area contributed by atoms with Crippen LogP contribution in [-0.2, 0) is 4.74 Å². The van der Waals surface area contributed by atoms with Crippen molar-refractivity contribution in [3.8, 4) is 0 Å². The zero-order valence-electron chi connectivity index (χ0n) is 9.68. The molecule has 2 atom stereocenters. The summed E-state index contributed by atoms with van der Waals surface area (Å²) in [5.74, 6) is 1.53. The molecule has 1 aliphatic heterocycles. The van der Waals surface area contributed by atoms with Crippen LogP contribution >= 0.6 is 0 Å². The fraction of sp³-hybridized carbons (Fsp3) is 0.846. The summed E-state index contributed by atoms with van der Waals surface area (Å²) < 4.78 is 5.98. The van der Waals surface area contributed by atoms with Crippen LogP contribution < -0.4 is 0 Å². The van der Waals surface area contributed by atoms with E-state index in [9.17, 15) is 0 Å². The van der Waals surface area contributed by atoms with Gasteiger partial charge in [-0.25, -0.2) is 0 Å². The first-order chi connectivity index (χ1) is 6.68. The Hall–Kier alpha value is -0.300. The van der Waals surface area contributed by atoms with Crippen LogP contribution in [-0.4, -0.2) is 12.2 Å². The molecule has 1 fully saturated rings. The van der Waals surface area contributed by atoms with E-state index in [1.807, 2.05) is 0 Å². The van der Waals surface area contributed by atoms with Gasteiger partial charge in [0, 0.05) is 6.61 Å². The molecule has 0 amide bonds. The zero-order valence-corrected chi connectivity index (χ0v) is 9.68. The van der Waals surface area contributed by atoms with E-state index in [2.05, 4.69) is 26.8 Å². The highest BCUT2D eigenvalue weighted by Gasteiger charge is 2.44. The minimum Gasteiger partial charge on any atom is -0.374 e. The van der Waals surface area contributed by atoms with Crippen LogP contribution in [0.25, 0.3) is 0 Å². The van der Waals surface area contributed by atoms with Gasteiger partial charge in [0.15, 0.2) is 0 Å². The maximum absolute atomic E-state index is 5.98. The van der Waals surface area contributed by atoms with Gasteiger partial charge in [0.1, 0.15) is 0 Å². The van der Waals surface area contributed by atoms with Crippen LogP contribution in [0, 0.1) is 11.8 Å². The van der Waals surface area contributed by atoms with E-state index in [4.69, 9.17) is 4.74 Å².